The number of unbranched alkanes of at least 4 members (excludes halogenated alkanes) is 1. The van der Waals surface area contributed by atoms with Gasteiger partial charge in [-0.15, -0.1) is 23.7 Å². The molecule has 0 unspecified atom stereocenters. The first-order valence-corrected chi connectivity index (χ1v) is 5.57. The van der Waals surface area contributed by atoms with E-state index in [1.54, 1.807) is 10.9 Å². The zero-order valence-corrected chi connectivity index (χ0v) is 8.96. The van der Waals surface area contributed by atoms with Gasteiger partial charge < -0.3 is 0 Å². The molecule has 0 radical (unpaired) electrons. The molecule has 76 valence electrons. The minimum absolute atomic E-state index is 0.0343. The maximum absolute atomic E-state index is 11.9. The first-order valence-electron chi connectivity index (χ1n) is 4.69. The Morgan fingerprint density at radius 2 is 2.47 bits per heavy atom. The van der Waals surface area contributed by atoms with E-state index < -0.39 is 0 Å². The Morgan fingerprint density at radius 3 is 3.27 bits per heavy atom. The lowest BCUT2D eigenvalue weighted by molar-refractivity contribution is 0.629. The molecule has 0 saturated heterocycles. The number of hydrogen-bond acceptors (Lipinski definition) is 3. The first kappa shape index (κ1) is 9.94. The van der Waals surface area contributed by atoms with Crippen LogP contribution in [0.4, 0.5) is 0 Å². The first-order chi connectivity index (χ1) is 7.33. The van der Waals surface area contributed by atoms with Gasteiger partial charge in [-0.3, -0.25) is 9.36 Å². The zero-order chi connectivity index (χ0) is 10.7. The van der Waals surface area contributed by atoms with Crippen molar-refractivity contribution in [1.29, 1.82) is 0 Å². The second-order valence-electron chi connectivity index (χ2n) is 3.19. The molecule has 0 aliphatic heterocycles. The summed E-state index contributed by atoms with van der Waals surface area (Å²) in [5.74, 6) is 2.56. The van der Waals surface area contributed by atoms with Crippen LogP contribution in [0.2, 0.25) is 0 Å². The van der Waals surface area contributed by atoms with Crippen molar-refractivity contribution in [2.24, 2.45) is 0 Å². The summed E-state index contributed by atoms with van der Waals surface area (Å²) in [7, 11) is 0. The van der Waals surface area contributed by atoms with Crippen molar-refractivity contribution >= 4 is 21.6 Å². The van der Waals surface area contributed by atoms with Gasteiger partial charge in [0, 0.05) is 13.0 Å². The van der Waals surface area contributed by atoms with Crippen LogP contribution in [0.15, 0.2) is 22.6 Å². The molecule has 2 rings (SSSR count). The number of thiophene rings is 1. The van der Waals surface area contributed by atoms with Gasteiger partial charge in [0.1, 0.15) is 4.70 Å². The van der Waals surface area contributed by atoms with E-state index in [0.29, 0.717) is 13.0 Å². The summed E-state index contributed by atoms with van der Waals surface area (Å²) in [6, 6.07) is 1.85. The molecule has 3 nitrogen and oxygen atoms in total. The normalized spacial score (nSPS) is 10.3. The third-order valence-corrected chi connectivity index (χ3v) is 3.05. The smallest absolute Gasteiger partial charge is 0.271 e. The number of rotatable bonds is 3. The molecule has 0 spiro atoms. The molecule has 0 aromatic carbocycles. The Kier molecular flexibility index (Phi) is 2.84. The van der Waals surface area contributed by atoms with Gasteiger partial charge >= 0.3 is 0 Å². The number of fused-ring (bicyclic) bond motifs is 1. The van der Waals surface area contributed by atoms with Crippen LogP contribution < -0.4 is 5.56 Å². The van der Waals surface area contributed by atoms with Gasteiger partial charge in [0.2, 0.25) is 0 Å². The fourth-order valence-electron chi connectivity index (χ4n) is 1.39. The van der Waals surface area contributed by atoms with E-state index in [1.165, 1.54) is 11.3 Å². The highest BCUT2D eigenvalue weighted by Crippen LogP contribution is 2.13. The second kappa shape index (κ2) is 4.28. The van der Waals surface area contributed by atoms with E-state index in [1.807, 2.05) is 11.4 Å². The Bertz CT molecular complexity index is 562. The summed E-state index contributed by atoms with van der Waals surface area (Å²) in [5, 5.41) is 1.88. The lowest BCUT2D eigenvalue weighted by atomic mass is 10.3. The molecule has 4 heteroatoms. The van der Waals surface area contributed by atoms with Gasteiger partial charge in [-0.05, 0) is 17.9 Å². The molecule has 0 amide bonds. The molecule has 15 heavy (non-hydrogen) atoms. The molecule has 0 aliphatic carbocycles. The third-order valence-electron chi connectivity index (χ3n) is 2.16. The van der Waals surface area contributed by atoms with Crippen molar-refractivity contribution in [2.75, 3.05) is 0 Å². The SMILES string of the molecule is C#CCCCn1cnc2ccsc2c1=O. The second-order valence-corrected chi connectivity index (χ2v) is 4.10. The van der Waals surface area contributed by atoms with E-state index in [-0.39, 0.29) is 5.56 Å². The Morgan fingerprint density at radius 1 is 1.60 bits per heavy atom. The number of nitrogens with zero attached hydrogens (tertiary/aromatic N) is 2. The van der Waals surface area contributed by atoms with Gasteiger partial charge in [0.25, 0.3) is 5.56 Å². The molecule has 0 atom stereocenters. The summed E-state index contributed by atoms with van der Waals surface area (Å²) < 4.78 is 2.34. The molecule has 0 saturated carbocycles. The van der Waals surface area contributed by atoms with Crippen molar-refractivity contribution in [3.8, 4) is 12.3 Å². The molecule has 2 aromatic rings. The molecular formula is C11H10N2OS. The highest BCUT2D eigenvalue weighted by molar-refractivity contribution is 7.17. The van der Waals surface area contributed by atoms with Crippen LogP contribution in [-0.4, -0.2) is 9.55 Å². The van der Waals surface area contributed by atoms with Crippen LogP contribution in [-0.2, 0) is 6.54 Å². The fourth-order valence-corrected chi connectivity index (χ4v) is 2.18. The highest BCUT2D eigenvalue weighted by Gasteiger charge is 2.03. The number of terminal acetylenes is 1. The molecule has 0 aliphatic rings. The van der Waals surface area contributed by atoms with Crippen LogP contribution >= 0.6 is 11.3 Å². The number of aryl methyl sites for hydroxylation is 1. The standard InChI is InChI=1S/C11H10N2OS/c1-2-3-4-6-13-8-12-9-5-7-15-10(9)11(13)14/h1,5,7-8H,3-4,6H2. The van der Waals surface area contributed by atoms with Gasteiger partial charge in [0.05, 0.1) is 11.8 Å². The average Bonchev–Trinajstić information content (AvgIpc) is 2.70. The Labute approximate surface area is 91.4 Å². The molecule has 0 bridgehead atoms. The third kappa shape index (κ3) is 1.92. The summed E-state index contributed by atoms with van der Waals surface area (Å²) >= 11 is 1.43. The van der Waals surface area contributed by atoms with E-state index in [9.17, 15) is 4.79 Å². The maximum atomic E-state index is 11.9. The fraction of sp³-hybridized carbons (Fsp3) is 0.273. The predicted octanol–water partition coefficient (Wildman–Crippen LogP) is 1.87. The van der Waals surface area contributed by atoms with Crippen molar-refractivity contribution in [3.05, 3.63) is 28.1 Å². The van der Waals surface area contributed by atoms with Crippen molar-refractivity contribution in [3.63, 3.8) is 0 Å². The van der Waals surface area contributed by atoms with E-state index >= 15 is 0 Å². The maximum Gasteiger partial charge on any atom is 0.271 e. The van der Waals surface area contributed by atoms with E-state index in [4.69, 9.17) is 6.42 Å². The average molecular weight is 218 g/mol. The summed E-state index contributed by atoms with van der Waals surface area (Å²) in [4.78, 5) is 16.1. The van der Waals surface area contributed by atoms with Crippen molar-refractivity contribution in [1.82, 2.24) is 9.55 Å². The minimum atomic E-state index is 0.0343. The zero-order valence-electron chi connectivity index (χ0n) is 8.14. The summed E-state index contributed by atoms with van der Waals surface area (Å²) in [5.41, 5.74) is 0.810. The molecule has 0 fully saturated rings. The topological polar surface area (TPSA) is 34.9 Å². The Balaban J connectivity index is 2.32. The van der Waals surface area contributed by atoms with E-state index in [0.717, 1.165) is 16.6 Å². The van der Waals surface area contributed by atoms with Gasteiger partial charge in [-0.1, -0.05) is 0 Å². The monoisotopic (exact) mass is 218 g/mol. The van der Waals surface area contributed by atoms with Gasteiger partial charge in [-0.2, -0.15) is 0 Å². The lowest BCUT2D eigenvalue weighted by Gasteiger charge is -2.02. The van der Waals surface area contributed by atoms with Crippen molar-refractivity contribution in [2.45, 2.75) is 19.4 Å². The summed E-state index contributed by atoms with van der Waals surface area (Å²) in [6.45, 7) is 0.643. The minimum Gasteiger partial charge on any atom is -0.298 e. The molecular weight excluding hydrogens is 208 g/mol. The predicted molar refractivity (Wildman–Crippen MR) is 61.9 cm³/mol. The van der Waals surface area contributed by atoms with Crippen LogP contribution in [0, 0.1) is 12.3 Å². The van der Waals surface area contributed by atoms with Crippen LogP contribution in [0.25, 0.3) is 10.2 Å². The van der Waals surface area contributed by atoms with E-state index in [2.05, 4.69) is 10.9 Å². The van der Waals surface area contributed by atoms with Crippen LogP contribution in [0.5, 0.6) is 0 Å². The number of aromatic nitrogens is 2. The quantitative estimate of drug-likeness (QED) is 0.582. The van der Waals surface area contributed by atoms with Crippen LogP contribution in [0.1, 0.15) is 12.8 Å². The largest absolute Gasteiger partial charge is 0.298 e. The highest BCUT2D eigenvalue weighted by atomic mass is 32.1. The lowest BCUT2D eigenvalue weighted by Crippen LogP contribution is -2.19. The summed E-state index contributed by atoms with van der Waals surface area (Å²) in [6.07, 6.45) is 8.25. The number of hydrogen-bond donors (Lipinski definition) is 0. The molecule has 0 N–H and O–H groups in total. The van der Waals surface area contributed by atoms with Gasteiger partial charge in [-0.25, -0.2) is 4.98 Å². The van der Waals surface area contributed by atoms with Gasteiger partial charge in [0.15, 0.2) is 0 Å². The molecule has 2 aromatic heterocycles. The molecule has 2 heterocycles. The Hall–Kier alpha value is -1.60. The van der Waals surface area contributed by atoms with Crippen molar-refractivity contribution < 1.29 is 0 Å². The van der Waals surface area contributed by atoms with Crippen LogP contribution in [0.3, 0.4) is 0 Å².